The van der Waals surface area contributed by atoms with Crippen molar-refractivity contribution in [3.05, 3.63) is 29.8 Å². The number of nitrogens with one attached hydrogen (secondary N) is 2. The van der Waals surface area contributed by atoms with Gasteiger partial charge in [0.15, 0.2) is 5.96 Å². The third kappa shape index (κ3) is 6.55. The van der Waals surface area contributed by atoms with Crippen LogP contribution in [-0.2, 0) is 16.1 Å². The van der Waals surface area contributed by atoms with Crippen molar-refractivity contribution in [2.45, 2.75) is 19.9 Å². The molecule has 144 valence electrons. The molecule has 1 unspecified atom stereocenters. The van der Waals surface area contributed by atoms with Crippen molar-refractivity contribution < 1.29 is 14.3 Å². The third-order valence-corrected chi connectivity index (χ3v) is 4.27. The van der Waals surface area contributed by atoms with Gasteiger partial charge in [0.25, 0.3) is 0 Å². The topological polar surface area (TPSA) is 75.2 Å². The summed E-state index contributed by atoms with van der Waals surface area (Å²) in [7, 11) is 3.63. The van der Waals surface area contributed by atoms with Crippen LogP contribution in [-0.4, -0.2) is 63.8 Å². The first kappa shape index (κ1) is 20.0. The van der Waals surface area contributed by atoms with Gasteiger partial charge >= 0.3 is 0 Å². The van der Waals surface area contributed by atoms with Gasteiger partial charge in [0, 0.05) is 39.2 Å². The Bertz CT molecular complexity index is 583. The largest absolute Gasteiger partial charge is 0.497 e. The maximum absolute atomic E-state index is 12.1. The van der Waals surface area contributed by atoms with E-state index in [1.54, 1.807) is 7.11 Å². The molecule has 0 aliphatic carbocycles. The minimum absolute atomic E-state index is 0.101. The van der Waals surface area contributed by atoms with Gasteiger partial charge in [-0.3, -0.25) is 4.79 Å². The average Bonchev–Trinajstić information content (AvgIpc) is 3.16. The van der Waals surface area contributed by atoms with E-state index in [0.717, 1.165) is 50.0 Å². The number of guanidine groups is 1. The number of methoxy groups -OCH3 is 1. The van der Waals surface area contributed by atoms with E-state index < -0.39 is 0 Å². The van der Waals surface area contributed by atoms with E-state index in [1.807, 2.05) is 38.2 Å². The van der Waals surface area contributed by atoms with E-state index in [2.05, 4.69) is 20.5 Å². The normalized spacial score (nSPS) is 17.0. The van der Waals surface area contributed by atoms with Gasteiger partial charge in [-0.15, -0.1) is 0 Å². The Morgan fingerprint density at radius 2 is 2.12 bits per heavy atom. The Hall–Kier alpha value is -2.28. The van der Waals surface area contributed by atoms with E-state index in [1.165, 1.54) is 0 Å². The summed E-state index contributed by atoms with van der Waals surface area (Å²) in [4.78, 5) is 18.6. The van der Waals surface area contributed by atoms with Gasteiger partial charge in [0.05, 0.1) is 13.7 Å². The number of rotatable bonds is 8. The molecule has 7 nitrogen and oxygen atoms in total. The Balaban J connectivity index is 1.81. The molecule has 1 saturated heterocycles. The standard InChI is InChI=1S/C19H30N4O3/c1-4-20-19(23(2)13-16-9-10-26-14-16)22-12-18(24)21-11-15-5-7-17(25-3)8-6-15/h5-8,16H,4,9-14H2,1-3H3,(H,20,22)(H,21,24). The number of carbonyl (C=O) groups is 1. The fraction of sp³-hybridized carbons (Fsp3) is 0.579. The van der Waals surface area contributed by atoms with E-state index in [-0.39, 0.29) is 12.5 Å². The minimum Gasteiger partial charge on any atom is -0.497 e. The van der Waals surface area contributed by atoms with E-state index in [9.17, 15) is 4.79 Å². The molecular weight excluding hydrogens is 332 g/mol. The smallest absolute Gasteiger partial charge is 0.242 e. The van der Waals surface area contributed by atoms with Crippen molar-refractivity contribution in [3.8, 4) is 5.75 Å². The molecule has 0 spiro atoms. The van der Waals surface area contributed by atoms with Crippen LogP contribution in [0.5, 0.6) is 5.75 Å². The second kappa shape index (κ2) is 10.7. The van der Waals surface area contributed by atoms with Crippen molar-refractivity contribution in [1.82, 2.24) is 15.5 Å². The number of amides is 1. The van der Waals surface area contributed by atoms with Crippen molar-refractivity contribution in [2.75, 3.05) is 47.0 Å². The zero-order chi connectivity index (χ0) is 18.8. The highest BCUT2D eigenvalue weighted by Gasteiger charge is 2.19. The fourth-order valence-electron chi connectivity index (χ4n) is 2.82. The van der Waals surface area contributed by atoms with Gasteiger partial charge in [-0.05, 0) is 31.0 Å². The molecule has 1 amide bonds. The molecule has 0 aromatic heterocycles. The Labute approximate surface area is 155 Å². The molecule has 0 radical (unpaired) electrons. The van der Waals surface area contributed by atoms with Crippen LogP contribution in [0.1, 0.15) is 18.9 Å². The molecule has 1 heterocycles. The lowest BCUT2D eigenvalue weighted by Crippen LogP contribution is -2.42. The summed E-state index contributed by atoms with van der Waals surface area (Å²) in [5.41, 5.74) is 1.02. The second-order valence-electron chi connectivity index (χ2n) is 6.41. The highest BCUT2D eigenvalue weighted by Crippen LogP contribution is 2.13. The predicted octanol–water partition coefficient (Wildman–Crippen LogP) is 1.25. The van der Waals surface area contributed by atoms with Gasteiger partial charge < -0.3 is 25.0 Å². The Morgan fingerprint density at radius 3 is 2.73 bits per heavy atom. The number of aliphatic imine (C=N–C) groups is 1. The molecule has 2 N–H and O–H groups in total. The third-order valence-electron chi connectivity index (χ3n) is 4.27. The molecule has 1 aromatic carbocycles. The molecule has 1 fully saturated rings. The first-order valence-corrected chi connectivity index (χ1v) is 9.09. The first-order chi connectivity index (χ1) is 12.6. The molecule has 1 atom stereocenters. The maximum Gasteiger partial charge on any atom is 0.242 e. The Morgan fingerprint density at radius 1 is 1.35 bits per heavy atom. The summed E-state index contributed by atoms with van der Waals surface area (Å²) in [6, 6.07) is 7.63. The first-order valence-electron chi connectivity index (χ1n) is 9.09. The van der Waals surface area contributed by atoms with E-state index >= 15 is 0 Å². The van der Waals surface area contributed by atoms with Crippen LogP contribution in [0.3, 0.4) is 0 Å². The van der Waals surface area contributed by atoms with E-state index in [0.29, 0.717) is 12.5 Å². The number of ether oxygens (including phenoxy) is 2. The van der Waals surface area contributed by atoms with Crippen molar-refractivity contribution in [1.29, 1.82) is 0 Å². The number of hydrogen-bond donors (Lipinski definition) is 2. The SMILES string of the molecule is CCNC(=NCC(=O)NCc1ccc(OC)cc1)N(C)CC1CCOC1. The van der Waals surface area contributed by atoms with Crippen LogP contribution in [0.4, 0.5) is 0 Å². The predicted molar refractivity (Wildman–Crippen MR) is 102 cm³/mol. The molecule has 7 heteroatoms. The fourth-order valence-corrected chi connectivity index (χ4v) is 2.82. The number of benzene rings is 1. The summed E-state index contributed by atoms with van der Waals surface area (Å²) < 4.78 is 10.6. The number of nitrogens with zero attached hydrogens (tertiary/aromatic N) is 2. The highest BCUT2D eigenvalue weighted by atomic mass is 16.5. The minimum atomic E-state index is -0.103. The highest BCUT2D eigenvalue weighted by molar-refractivity contribution is 5.84. The lowest BCUT2D eigenvalue weighted by Gasteiger charge is -2.24. The van der Waals surface area contributed by atoms with Gasteiger partial charge in [0.2, 0.25) is 5.91 Å². The van der Waals surface area contributed by atoms with Gasteiger partial charge in [-0.25, -0.2) is 4.99 Å². The Kier molecular flexibility index (Phi) is 8.21. The van der Waals surface area contributed by atoms with Crippen LogP contribution in [0, 0.1) is 5.92 Å². The van der Waals surface area contributed by atoms with Crippen molar-refractivity contribution in [2.24, 2.45) is 10.9 Å². The maximum atomic E-state index is 12.1. The van der Waals surface area contributed by atoms with Crippen molar-refractivity contribution >= 4 is 11.9 Å². The summed E-state index contributed by atoms with van der Waals surface area (Å²) in [5.74, 6) is 1.97. The zero-order valence-corrected chi connectivity index (χ0v) is 16.0. The van der Waals surface area contributed by atoms with Gasteiger partial charge in [-0.1, -0.05) is 12.1 Å². The lowest BCUT2D eigenvalue weighted by atomic mass is 10.1. The summed E-state index contributed by atoms with van der Waals surface area (Å²) in [6.07, 6.45) is 1.08. The molecule has 1 aliphatic heterocycles. The number of carbonyl (C=O) groups excluding carboxylic acids is 1. The number of hydrogen-bond acceptors (Lipinski definition) is 4. The quantitative estimate of drug-likeness (QED) is 0.538. The molecule has 26 heavy (non-hydrogen) atoms. The zero-order valence-electron chi connectivity index (χ0n) is 16.0. The molecule has 1 aromatic rings. The monoisotopic (exact) mass is 362 g/mol. The molecule has 2 rings (SSSR count). The summed E-state index contributed by atoms with van der Waals surface area (Å²) in [5, 5.41) is 6.13. The molecule has 0 bridgehead atoms. The van der Waals surface area contributed by atoms with Gasteiger partial charge in [-0.2, -0.15) is 0 Å². The van der Waals surface area contributed by atoms with Crippen LogP contribution in [0.2, 0.25) is 0 Å². The molecular formula is C19H30N4O3. The van der Waals surface area contributed by atoms with Crippen LogP contribution in [0.25, 0.3) is 0 Å². The summed E-state index contributed by atoms with van der Waals surface area (Å²) >= 11 is 0. The second-order valence-corrected chi connectivity index (χ2v) is 6.41. The van der Waals surface area contributed by atoms with Gasteiger partial charge in [0.1, 0.15) is 12.3 Å². The summed E-state index contributed by atoms with van der Waals surface area (Å²) in [6.45, 7) is 5.86. The van der Waals surface area contributed by atoms with E-state index in [4.69, 9.17) is 9.47 Å². The molecule has 1 aliphatic rings. The van der Waals surface area contributed by atoms with Crippen LogP contribution < -0.4 is 15.4 Å². The average molecular weight is 362 g/mol. The van der Waals surface area contributed by atoms with Crippen LogP contribution >= 0.6 is 0 Å². The lowest BCUT2D eigenvalue weighted by molar-refractivity contribution is -0.119. The van der Waals surface area contributed by atoms with Crippen molar-refractivity contribution in [3.63, 3.8) is 0 Å². The van der Waals surface area contributed by atoms with Crippen LogP contribution in [0.15, 0.2) is 29.3 Å². The molecule has 0 saturated carbocycles.